The minimum absolute atomic E-state index is 0.231. The van der Waals surface area contributed by atoms with E-state index in [4.69, 9.17) is 26.1 Å². The van der Waals surface area contributed by atoms with Gasteiger partial charge in [0, 0.05) is 54.9 Å². The van der Waals surface area contributed by atoms with Crippen LogP contribution in [-0.2, 0) is 9.53 Å². The quantitative estimate of drug-likeness (QED) is 0.253. The van der Waals surface area contributed by atoms with Gasteiger partial charge in [0.1, 0.15) is 18.2 Å². The Labute approximate surface area is 261 Å². The molecule has 1 atom stereocenters. The minimum Gasteiger partial charge on any atom is -0.490 e. The number of ether oxygens (including phenoxy) is 2. The lowest BCUT2D eigenvalue weighted by atomic mass is 9.82. The molecule has 0 spiro atoms. The zero-order chi connectivity index (χ0) is 31.5. The van der Waals surface area contributed by atoms with E-state index in [1.807, 2.05) is 89.3 Å². The predicted octanol–water partition coefficient (Wildman–Crippen LogP) is 7.50. The standard InChI is InChI=1S/C34H45ClN4O4/c1-22-9-11-27(26(35)19-22)42-18-17-38(8)28-12-10-24(20-37-28)25-21-36-23(2)29(31(32(40)41)43-33(3,4)5)30(25)39-15-13-34(6,7)14-16-39/h9-12,19-21,31H,13-18H2,1-8H3,(H,40,41)/t31-/m0/s1. The van der Waals surface area contributed by atoms with Crippen LogP contribution < -0.4 is 14.5 Å². The highest BCUT2D eigenvalue weighted by atomic mass is 35.5. The SMILES string of the molecule is Cc1ccc(OCCN(C)c2ccc(-c3cnc(C)c([C@H](OC(C)(C)C)C(=O)O)c3N3CCC(C)(C)CC3)cn2)c(Cl)c1. The van der Waals surface area contributed by atoms with Crippen molar-refractivity contribution < 1.29 is 19.4 Å². The zero-order valence-corrected chi connectivity index (χ0v) is 27.5. The molecule has 3 heterocycles. The van der Waals surface area contributed by atoms with Crippen LogP contribution in [0.3, 0.4) is 0 Å². The molecule has 3 aromatic rings. The maximum atomic E-state index is 12.6. The molecule has 0 aliphatic carbocycles. The van der Waals surface area contributed by atoms with Crippen LogP contribution in [0.15, 0.2) is 42.7 Å². The van der Waals surface area contributed by atoms with Crippen molar-refractivity contribution in [2.24, 2.45) is 5.41 Å². The average Bonchev–Trinajstić information content (AvgIpc) is 2.92. The summed E-state index contributed by atoms with van der Waals surface area (Å²) in [5, 5.41) is 10.9. The molecule has 1 aliphatic rings. The fourth-order valence-electron chi connectivity index (χ4n) is 5.30. The summed E-state index contributed by atoms with van der Waals surface area (Å²) in [5.74, 6) is 0.429. The number of likely N-dealkylation sites (N-methyl/N-ethyl adjacent to an activating group) is 1. The Bertz CT molecular complexity index is 1430. The second-order valence-electron chi connectivity index (χ2n) is 13.2. The van der Waals surface area contributed by atoms with E-state index < -0.39 is 17.7 Å². The summed E-state index contributed by atoms with van der Waals surface area (Å²) in [6, 6.07) is 9.74. The lowest BCUT2D eigenvalue weighted by Crippen LogP contribution is -2.39. The van der Waals surface area contributed by atoms with E-state index in [9.17, 15) is 9.90 Å². The molecule has 0 radical (unpaired) electrons. The van der Waals surface area contributed by atoms with E-state index in [0.717, 1.165) is 54.1 Å². The molecule has 1 N–H and O–H groups in total. The molecule has 43 heavy (non-hydrogen) atoms. The number of aliphatic carboxylic acids is 1. The first kappa shape index (κ1) is 32.6. The molecule has 1 aliphatic heterocycles. The number of piperidine rings is 1. The second kappa shape index (κ2) is 13.1. The number of halogens is 1. The summed E-state index contributed by atoms with van der Waals surface area (Å²) in [6.45, 7) is 16.7. The Balaban J connectivity index is 1.64. The summed E-state index contributed by atoms with van der Waals surface area (Å²) >= 11 is 6.31. The van der Waals surface area contributed by atoms with Gasteiger partial charge >= 0.3 is 5.97 Å². The number of benzene rings is 1. The fraction of sp³-hybridized carbons (Fsp3) is 0.500. The van der Waals surface area contributed by atoms with Crippen LogP contribution in [0, 0.1) is 19.3 Å². The molecular weight excluding hydrogens is 564 g/mol. The van der Waals surface area contributed by atoms with Crippen LogP contribution >= 0.6 is 11.6 Å². The number of aromatic nitrogens is 2. The molecule has 0 saturated carbocycles. The number of hydrogen-bond donors (Lipinski definition) is 1. The molecule has 1 aromatic carbocycles. The molecule has 8 nitrogen and oxygen atoms in total. The van der Waals surface area contributed by atoms with E-state index in [-0.39, 0.29) is 5.41 Å². The van der Waals surface area contributed by atoms with Crippen LogP contribution in [-0.4, -0.2) is 59.9 Å². The molecule has 0 unspecified atom stereocenters. The van der Waals surface area contributed by atoms with Crippen molar-refractivity contribution in [2.45, 2.75) is 73.0 Å². The van der Waals surface area contributed by atoms with Crippen molar-refractivity contribution in [1.29, 1.82) is 0 Å². The van der Waals surface area contributed by atoms with Crippen LogP contribution in [0.5, 0.6) is 5.75 Å². The Morgan fingerprint density at radius 2 is 1.81 bits per heavy atom. The maximum Gasteiger partial charge on any atom is 0.337 e. The lowest BCUT2D eigenvalue weighted by molar-refractivity contribution is -0.160. The van der Waals surface area contributed by atoms with Gasteiger partial charge in [-0.05, 0) is 82.7 Å². The number of carboxylic acid groups (broad SMARTS) is 1. The highest BCUT2D eigenvalue weighted by Gasteiger charge is 2.35. The summed E-state index contributed by atoms with van der Waals surface area (Å²) in [5.41, 5.74) is 4.50. The van der Waals surface area contributed by atoms with Crippen molar-refractivity contribution in [2.75, 3.05) is 43.1 Å². The number of carbonyl (C=O) groups is 1. The van der Waals surface area contributed by atoms with E-state index in [1.54, 1.807) is 0 Å². The summed E-state index contributed by atoms with van der Waals surface area (Å²) < 4.78 is 12.1. The first-order chi connectivity index (χ1) is 20.1. The molecule has 2 aromatic heterocycles. The number of anilines is 2. The third-order valence-corrected chi connectivity index (χ3v) is 8.20. The van der Waals surface area contributed by atoms with Gasteiger partial charge < -0.3 is 24.4 Å². The number of nitrogens with zero attached hydrogens (tertiary/aromatic N) is 4. The van der Waals surface area contributed by atoms with Crippen molar-refractivity contribution in [1.82, 2.24) is 9.97 Å². The highest BCUT2D eigenvalue weighted by Crippen LogP contribution is 2.43. The van der Waals surface area contributed by atoms with Gasteiger partial charge in [-0.3, -0.25) is 4.98 Å². The smallest absolute Gasteiger partial charge is 0.337 e. The molecule has 232 valence electrons. The fourth-order valence-corrected chi connectivity index (χ4v) is 5.59. The normalized spacial score (nSPS) is 15.7. The number of pyridine rings is 2. The monoisotopic (exact) mass is 608 g/mol. The third-order valence-electron chi connectivity index (χ3n) is 7.90. The predicted molar refractivity (Wildman–Crippen MR) is 174 cm³/mol. The first-order valence-corrected chi connectivity index (χ1v) is 15.2. The average molecular weight is 609 g/mol. The molecule has 1 saturated heterocycles. The van der Waals surface area contributed by atoms with Gasteiger partial charge in [0.15, 0.2) is 6.10 Å². The van der Waals surface area contributed by atoms with E-state index in [2.05, 4.69) is 23.7 Å². The van der Waals surface area contributed by atoms with Gasteiger partial charge in [0.05, 0.1) is 22.9 Å². The minimum atomic E-state index is -1.15. The number of aryl methyl sites for hydroxylation is 2. The van der Waals surface area contributed by atoms with Crippen LogP contribution in [0.1, 0.15) is 70.4 Å². The number of rotatable bonds is 10. The number of hydrogen-bond acceptors (Lipinski definition) is 7. The van der Waals surface area contributed by atoms with Gasteiger partial charge in [-0.15, -0.1) is 0 Å². The van der Waals surface area contributed by atoms with E-state index in [1.165, 1.54) is 0 Å². The van der Waals surface area contributed by atoms with Gasteiger partial charge in [-0.25, -0.2) is 9.78 Å². The van der Waals surface area contributed by atoms with E-state index >= 15 is 0 Å². The van der Waals surface area contributed by atoms with Crippen molar-refractivity contribution in [3.8, 4) is 16.9 Å². The van der Waals surface area contributed by atoms with Crippen molar-refractivity contribution in [3.63, 3.8) is 0 Å². The molecule has 0 amide bonds. The number of carboxylic acids is 1. The lowest BCUT2D eigenvalue weighted by Gasteiger charge is -2.41. The molecule has 1 fully saturated rings. The topological polar surface area (TPSA) is 88.0 Å². The van der Waals surface area contributed by atoms with Crippen molar-refractivity contribution in [3.05, 3.63) is 64.6 Å². The first-order valence-electron chi connectivity index (χ1n) is 14.9. The van der Waals surface area contributed by atoms with E-state index in [0.29, 0.717) is 35.2 Å². The molecular formula is C34H45ClN4O4. The van der Waals surface area contributed by atoms with Gasteiger partial charge in [-0.2, -0.15) is 0 Å². The van der Waals surface area contributed by atoms with Gasteiger partial charge in [0.2, 0.25) is 0 Å². The van der Waals surface area contributed by atoms with Crippen LogP contribution in [0.25, 0.3) is 11.1 Å². The van der Waals surface area contributed by atoms with Crippen LogP contribution in [0.4, 0.5) is 11.5 Å². The Kier molecular flexibility index (Phi) is 9.92. The zero-order valence-electron chi connectivity index (χ0n) is 26.7. The summed E-state index contributed by atoms with van der Waals surface area (Å²) in [7, 11) is 1.97. The Morgan fingerprint density at radius 3 is 2.40 bits per heavy atom. The summed E-state index contributed by atoms with van der Waals surface area (Å²) in [6.07, 6.45) is 4.52. The molecule has 0 bridgehead atoms. The summed E-state index contributed by atoms with van der Waals surface area (Å²) in [4.78, 5) is 26.4. The van der Waals surface area contributed by atoms with Crippen molar-refractivity contribution >= 4 is 29.1 Å². The van der Waals surface area contributed by atoms with Gasteiger partial charge in [0.25, 0.3) is 0 Å². The third kappa shape index (κ3) is 8.18. The van der Waals surface area contributed by atoms with Gasteiger partial charge in [-0.1, -0.05) is 31.5 Å². The largest absolute Gasteiger partial charge is 0.490 e. The highest BCUT2D eigenvalue weighted by molar-refractivity contribution is 6.32. The Morgan fingerprint density at radius 1 is 1.12 bits per heavy atom. The molecule has 9 heteroatoms. The Hall–Kier alpha value is -3.36. The second-order valence-corrected chi connectivity index (χ2v) is 13.6. The van der Waals surface area contributed by atoms with Crippen LogP contribution in [0.2, 0.25) is 5.02 Å². The molecule has 4 rings (SSSR count). The maximum absolute atomic E-state index is 12.6.